The van der Waals surface area contributed by atoms with E-state index in [0.29, 0.717) is 0 Å². The van der Waals surface area contributed by atoms with E-state index < -0.39 is 12.0 Å². The van der Waals surface area contributed by atoms with Crippen LogP contribution in [0.2, 0.25) is 0 Å². The Hall–Kier alpha value is -0.610. The maximum absolute atomic E-state index is 10.7. The zero-order valence-electron chi connectivity index (χ0n) is 7.91. The highest BCUT2D eigenvalue weighted by atomic mass is 16.5. The fourth-order valence-corrected chi connectivity index (χ4v) is 1.16. The van der Waals surface area contributed by atoms with Crippen molar-refractivity contribution in [3.05, 3.63) is 0 Å². The molecule has 1 unspecified atom stereocenters. The highest BCUT2D eigenvalue weighted by molar-refractivity contribution is 5.73. The van der Waals surface area contributed by atoms with E-state index in [0.717, 1.165) is 13.1 Å². The second-order valence-corrected chi connectivity index (χ2v) is 2.53. The van der Waals surface area contributed by atoms with E-state index in [1.165, 1.54) is 7.11 Å². The van der Waals surface area contributed by atoms with Crippen LogP contribution < -0.4 is 0 Å². The zero-order chi connectivity index (χ0) is 9.56. The Morgan fingerprint density at radius 1 is 1.50 bits per heavy atom. The maximum Gasteiger partial charge on any atom is 0.323 e. The van der Waals surface area contributed by atoms with E-state index in [-0.39, 0.29) is 6.61 Å². The van der Waals surface area contributed by atoms with Crippen LogP contribution in [0.4, 0.5) is 0 Å². The van der Waals surface area contributed by atoms with Crippen LogP contribution in [0.5, 0.6) is 0 Å². The minimum atomic E-state index is -0.819. The number of likely N-dealkylation sites (N-methyl/N-ethyl adjacent to an activating group) is 1. The summed E-state index contributed by atoms with van der Waals surface area (Å²) in [5.41, 5.74) is 0. The largest absolute Gasteiger partial charge is 0.480 e. The summed E-state index contributed by atoms with van der Waals surface area (Å²) in [6.07, 6.45) is 0. The molecule has 0 amide bonds. The Morgan fingerprint density at radius 3 is 2.25 bits per heavy atom. The molecule has 0 heterocycles. The molecule has 4 nitrogen and oxygen atoms in total. The molecule has 72 valence electrons. The Kier molecular flexibility index (Phi) is 5.66. The van der Waals surface area contributed by atoms with Crippen molar-refractivity contribution < 1.29 is 14.6 Å². The molecule has 4 heteroatoms. The minimum absolute atomic E-state index is 0.247. The number of rotatable bonds is 6. The lowest BCUT2D eigenvalue weighted by atomic mass is 10.2. The number of ether oxygens (including phenoxy) is 1. The normalized spacial score (nSPS) is 13.3. The Balaban J connectivity index is 4.15. The van der Waals surface area contributed by atoms with Gasteiger partial charge in [-0.15, -0.1) is 0 Å². The molecular formula is C8H17NO3. The van der Waals surface area contributed by atoms with Crippen molar-refractivity contribution in [2.45, 2.75) is 19.9 Å². The SMILES string of the molecule is CCN(CC)C(COC)C(=O)O. The molecule has 0 saturated heterocycles. The second-order valence-electron chi connectivity index (χ2n) is 2.53. The lowest BCUT2D eigenvalue weighted by Crippen LogP contribution is -2.43. The van der Waals surface area contributed by atoms with Crippen LogP contribution in [-0.4, -0.2) is 48.8 Å². The quantitative estimate of drug-likeness (QED) is 0.636. The van der Waals surface area contributed by atoms with E-state index in [1.54, 1.807) is 0 Å². The molecule has 0 aromatic heterocycles. The summed E-state index contributed by atoms with van der Waals surface area (Å²) < 4.78 is 4.83. The third-order valence-electron chi connectivity index (χ3n) is 1.86. The van der Waals surface area contributed by atoms with Crippen molar-refractivity contribution in [1.29, 1.82) is 0 Å². The molecule has 0 aliphatic heterocycles. The summed E-state index contributed by atoms with van der Waals surface area (Å²) in [7, 11) is 1.51. The first-order chi connectivity index (χ1) is 5.67. The summed E-state index contributed by atoms with van der Waals surface area (Å²) in [5, 5.41) is 8.82. The topological polar surface area (TPSA) is 49.8 Å². The zero-order valence-corrected chi connectivity index (χ0v) is 7.91. The Morgan fingerprint density at radius 2 is 2.00 bits per heavy atom. The van der Waals surface area contributed by atoms with Gasteiger partial charge in [0.2, 0.25) is 0 Å². The molecule has 0 fully saturated rings. The van der Waals surface area contributed by atoms with Crippen LogP contribution in [0.3, 0.4) is 0 Å². The molecule has 0 aliphatic rings. The predicted molar refractivity (Wildman–Crippen MR) is 46.2 cm³/mol. The molecule has 0 rings (SSSR count). The summed E-state index contributed by atoms with van der Waals surface area (Å²) in [4.78, 5) is 12.6. The number of methoxy groups -OCH3 is 1. The number of aliphatic carboxylic acids is 1. The van der Waals surface area contributed by atoms with Gasteiger partial charge in [0.1, 0.15) is 6.04 Å². The Labute approximate surface area is 73.1 Å². The molecule has 0 saturated carbocycles. The molecule has 12 heavy (non-hydrogen) atoms. The fraction of sp³-hybridized carbons (Fsp3) is 0.875. The van der Waals surface area contributed by atoms with Crippen molar-refractivity contribution in [3.63, 3.8) is 0 Å². The van der Waals surface area contributed by atoms with Crippen molar-refractivity contribution >= 4 is 5.97 Å². The van der Waals surface area contributed by atoms with Crippen LogP contribution in [-0.2, 0) is 9.53 Å². The lowest BCUT2D eigenvalue weighted by molar-refractivity contribution is -0.145. The van der Waals surface area contributed by atoms with Gasteiger partial charge in [0.05, 0.1) is 6.61 Å². The van der Waals surface area contributed by atoms with E-state index >= 15 is 0 Å². The van der Waals surface area contributed by atoms with Crippen molar-refractivity contribution in [2.24, 2.45) is 0 Å². The molecule has 1 N–H and O–H groups in total. The molecule has 0 aromatic rings. The number of hydrogen-bond donors (Lipinski definition) is 1. The van der Waals surface area contributed by atoms with Gasteiger partial charge < -0.3 is 9.84 Å². The molecule has 0 bridgehead atoms. The molecular weight excluding hydrogens is 158 g/mol. The van der Waals surface area contributed by atoms with Crippen LogP contribution in [0, 0.1) is 0 Å². The van der Waals surface area contributed by atoms with Gasteiger partial charge in [0, 0.05) is 7.11 Å². The highest BCUT2D eigenvalue weighted by Gasteiger charge is 2.22. The number of carboxylic acid groups (broad SMARTS) is 1. The standard InChI is InChI=1S/C8H17NO3/c1-4-9(5-2)7(6-12-3)8(10)11/h7H,4-6H2,1-3H3,(H,10,11). The number of hydrogen-bond acceptors (Lipinski definition) is 3. The van der Waals surface area contributed by atoms with Gasteiger partial charge >= 0.3 is 5.97 Å². The second kappa shape index (κ2) is 5.97. The third-order valence-corrected chi connectivity index (χ3v) is 1.86. The smallest absolute Gasteiger partial charge is 0.323 e. The van der Waals surface area contributed by atoms with E-state index in [1.807, 2.05) is 18.7 Å². The summed E-state index contributed by atoms with van der Waals surface area (Å²) in [6, 6.07) is -0.509. The van der Waals surface area contributed by atoms with E-state index in [4.69, 9.17) is 9.84 Å². The summed E-state index contributed by atoms with van der Waals surface area (Å²) >= 11 is 0. The van der Waals surface area contributed by atoms with Crippen LogP contribution in [0.1, 0.15) is 13.8 Å². The van der Waals surface area contributed by atoms with Crippen molar-refractivity contribution in [2.75, 3.05) is 26.8 Å². The summed E-state index contributed by atoms with van der Waals surface area (Å²) in [6.45, 7) is 5.59. The average Bonchev–Trinajstić information content (AvgIpc) is 2.05. The van der Waals surface area contributed by atoms with Crippen LogP contribution in [0.15, 0.2) is 0 Å². The lowest BCUT2D eigenvalue weighted by Gasteiger charge is -2.25. The number of nitrogens with zero attached hydrogens (tertiary/aromatic N) is 1. The van der Waals surface area contributed by atoms with Crippen LogP contribution in [0.25, 0.3) is 0 Å². The van der Waals surface area contributed by atoms with Gasteiger partial charge in [-0.25, -0.2) is 0 Å². The van der Waals surface area contributed by atoms with Gasteiger partial charge in [-0.05, 0) is 13.1 Å². The number of carbonyl (C=O) groups is 1. The minimum Gasteiger partial charge on any atom is -0.480 e. The van der Waals surface area contributed by atoms with Crippen molar-refractivity contribution in [1.82, 2.24) is 4.90 Å². The molecule has 1 atom stereocenters. The Bertz CT molecular complexity index is 134. The van der Waals surface area contributed by atoms with E-state index in [9.17, 15) is 4.79 Å². The molecule has 0 aromatic carbocycles. The van der Waals surface area contributed by atoms with E-state index in [2.05, 4.69) is 0 Å². The maximum atomic E-state index is 10.7. The fourth-order valence-electron chi connectivity index (χ4n) is 1.16. The molecule has 0 aliphatic carbocycles. The third kappa shape index (κ3) is 3.19. The van der Waals surface area contributed by atoms with Gasteiger partial charge in [0.15, 0.2) is 0 Å². The average molecular weight is 175 g/mol. The predicted octanol–water partition coefficient (Wildman–Crippen LogP) is 0.428. The summed E-state index contributed by atoms with van der Waals surface area (Å²) in [5.74, 6) is -0.819. The van der Waals surface area contributed by atoms with Gasteiger partial charge in [-0.1, -0.05) is 13.8 Å². The van der Waals surface area contributed by atoms with Gasteiger partial charge in [-0.2, -0.15) is 0 Å². The first-order valence-electron chi connectivity index (χ1n) is 4.13. The van der Waals surface area contributed by atoms with Gasteiger partial charge in [0.25, 0.3) is 0 Å². The molecule has 0 spiro atoms. The first-order valence-corrected chi connectivity index (χ1v) is 4.13. The monoisotopic (exact) mass is 175 g/mol. The number of carboxylic acids is 1. The first kappa shape index (κ1) is 11.4. The molecule has 0 radical (unpaired) electrons. The van der Waals surface area contributed by atoms with Gasteiger partial charge in [-0.3, -0.25) is 9.69 Å². The van der Waals surface area contributed by atoms with Crippen molar-refractivity contribution in [3.8, 4) is 0 Å². The van der Waals surface area contributed by atoms with Crippen LogP contribution >= 0.6 is 0 Å². The highest BCUT2D eigenvalue weighted by Crippen LogP contribution is 1.99.